The molecule has 0 bridgehead atoms. The second-order valence-electron chi connectivity index (χ2n) is 5.34. The zero-order chi connectivity index (χ0) is 15.6. The summed E-state index contributed by atoms with van der Waals surface area (Å²) in [5.41, 5.74) is -0.478. The van der Waals surface area contributed by atoms with E-state index in [0.717, 1.165) is 25.0 Å². The van der Waals surface area contributed by atoms with Gasteiger partial charge in [0.2, 0.25) is 0 Å². The van der Waals surface area contributed by atoms with Crippen LogP contribution in [0.4, 0.5) is 8.78 Å². The van der Waals surface area contributed by atoms with Gasteiger partial charge in [-0.3, -0.25) is 4.79 Å². The summed E-state index contributed by atoms with van der Waals surface area (Å²) in [6.45, 7) is 0. The molecule has 3 atom stereocenters. The van der Waals surface area contributed by atoms with Crippen LogP contribution in [0.3, 0.4) is 0 Å². The van der Waals surface area contributed by atoms with Crippen LogP contribution in [0.5, 0.6) is 5.75 Å². The number of carboxylic acids is 1. The summed E-state index contributed by atoms with van der Waals surface area (Å²) in [6, 6.07) is 1.97. The number of aliphatic carboxylic acids is 1. The second-order valence-corrected chi connectivity index (χ2v) is 5.34. The number of aliphatic hydroxyl groups excluding tert-OH is 1. The van der Waals surface area contributed by atoms with Crippen LogP contribution in [0.2, 0.25) is 0 Å². The molecule has 1 aromatic rings. The van der Waals surface area contributed by atoms with Crippen molar-refractivity contribution in [1.29, 1.82) is 0 Å². The van der Waals surface area contributed by atoms with E-state index >= 15 is 0 Å². The minimum absolute atomic E-state index is 0.0133. The van der Waals surface area contributed by atoms with Crippen molar-refractivity contribution in [2.24, 2.45) is 11.8 Å². The van der Waals surface area contributed by atoms with E-state index in [1.807, 2.05) is 0 Å². The molecule has 1 saturated carbocycles. The Morgan fingerprint density at radius 2 is 1.86 bits per heavy atom. The maximum absolute atomic E-state index is 14.0. The number of benzene rings is 1. The van der Waals surface area contributed by atoms with Crippen molar-refractivity contribution in [3.05, 3.63) is 29.3 Å². The van der Waals surface area contributed by atoms with Crippen molar-refractivity contribution < 1.29 is 28.5 Å². The number of halogens is 2. The molecule has 116 valence electrons. The summed E-state index contributed by atoms with van der Waals surface area (Å²) in [5, 5.41) is 19.5. The van der Waals surface area contributed by atoms with Crippen LogP contribution in [0.25, 0.3) is 0 Å². The van der Waals surface area contributed by atoms with Gasteiger partial charge in [-0.2, -0.15) is 0 Å². The average Bonchev–Trinajstić information content (AvgIpc) is 2.46. The van der Waals surface area contributed by atoms with Gasteiger partial charge in [-0.1, -0.05) is 12.8 Å². The lowest BCUT2D eigenvalue weighted by atomic mass is 9.74. The summed E-state index contributed by atoms with van der Waals surface area (Å²) >= 11 is 0. The second kappa shape index (κ2) is 6.39. The van der Waals surface area contributed by atoms with Crippen molar-refractivity contribution in [2.75, 3.05) is 7.11 Å². The molecule has 0 saturated heterocycles. The summed E-state index contributed by atoms with van der Waals surface area (Å²) < 4.78 is 32.8. The Balaban J connectivity index is 2.34. The molecule has 2 rings (SSSR count). The van der Waals surface area contributed by atoms with Gasteiger partial charge in [0.25, 0.3) is 0 Å². The van der Waals surface area contributed by atoms with Gasteiger partial charge in [0, 0.05) is 18.1 Å². The number of rotatable bonds is 4. The maximum Gasteiger partial charge on any atom is 0.306 e. The zero-order valence-electron chi connectivity index (χ0n) is 11.7. The van der Waals surface area contributed by atoms with E-state index in [1.54, 1.807) is 0 Å². The van der Waals surface area contributed by atoms with Gasteiger partial charge in [-0.25, -0.2) is 8.78 Å². The predicted octanol–water partition coefficient (Wildman–Crippen LogP) is 2.90. The Hall–Kier alpha value is -1.69. The highest BCUT2D eigenvalue weighted by atomic mass is 19.1. The summed E-state index contributed by atoms with van der Waals surface area (Å²) in [7, 11) is 1.28. The third-order valence-corrected chi connectivity index (χ3v) is 4.13. The monoisotopic (exact) mass is 300 g/mol. The van der Waals surface area contributed by atoms with E-state index in [-0.39, 0.29) is 5.75 Å². The van der Waals surface area contributed by atoms with Crippen molar-refractivity contribution >= 4 is 5.97 Å². The van der Waals surface area contributed by atoms with Crippen LogP contribution >= 0.6 is 0 Å². The molecular weight excluding hydrogens is 282 g/mol. The van der Waals surface area contributed by atoms with E-state index in [2.05, 4.69) is 0 Å². The summed E-state index contributed by atoms with van der Waals surface area (Å²) in [5.74, 6) is -4.33. The van der Waals surface area contributed by atoms with E-state index in [4.69, 9.17) is 4.74 Å². The van der Waals surface area contributed by atoms with Gasteiger partial charge in [0.15, 0.2) is 0 Å². The largest absolute Gasteiger partial charge is 0.497 e. The summed E-state index contributed by atoms with van der Waals surface area (Å²) in [4.78, 5) is 11.3. The fourth-order valence-corrected chi connectivity index (χ4v) is 3.02. The maximum atomic E-state index is 14.0. The Morgan fingerprint density at radius 3 is 2.38 bits per heavy atom. The fraction of sp³-hybridized carbons (Fsp3) is 0.533. The van der Waals surface area contributed by atoms with Gasteiger partial charge < -0.3 is 14.9 Å². The highest BCUT2D eigenvalue weighted by Gasteiger charge is 2.38. The number of hydrogen-bond acceptors (Lipinski definition) is 3. The molecule has 1 fully saturated rings. The van der Waals surface area contributed by atoms with Crippen molar-refractivity contribution in [3.8, 4) is 5.75 Å². The topological polar surface area (TPSA) is 66.8 Å². The van der Waals surface area contributed by atoms with Crippen LogP contribution in [-0.4, -0.2) is 23.3 Å². The van der Waals surface area contributed by atoms with E-state index in [9.17, 15) is 23.8 Å². The minimum atomic E-state index is -1.47. The molecule has 4 nitrogen and oxygen atoms in total. The molecule has 3 unspecified atom stereocenters. The van der Waals surface area contributed by atoms with Gasteiger partial charge in [-0.05, 0) is 12.8 Å². The van der Waals surface area contributed by atoms with E-state index in [1.165, 1.54) is 7.11 Å². The first kappa shape index (κ1) is 15.7. The Kier molecular flexibility index (Phi) is 4.77. The third-order valence-electron chi connectivity index (χ3n) is 4.13. The lowest BCUT2D eigenvalue weighted by Gasteiger charge is -2.32. The van der Waals surface area contributed by atoms with E-state index < -0.39 is 41.1 Å². The molecule has 0 spiro atoms. The lowest BCUT2D eigenvalue weighted by molar-refractivity contribution is -0.147. The van der Waals surface area contributed by atoms with Gasteiger partial charge >= 0.3 is 5.97 Å². The molecule has 1 aromatic carbocycles. The van der Waals surface area contributed by atoms with Gasteiger partial charge in [0.1, 0.15) is 17.4 Å². The minimum Gasteiger partial charge on any atom is -0.497 e. The first-order valence-electron chi connectivity index (χ1n) is 6.89. The molecule has 0 amide bonds. The number of hydrogen-bond donors (Lipinski definition) is 2. The fourth-order valence-electron chi connectivity index (χ4n) is 3.02. The third kappa shape index (κ3) is 3.15. The number of carbonyl (C=O) groups is 1. The smallest absolute Gasteiger partial charge is 0.306 e. The highest BCUT2D eigenvalue weighted by molar-refractivity contribution is 5.70. The standard InChI is InChI=1S/C15H18F2O4/c1-21-8-6-11(16)13(12(17)7-8)14(18)9-4-2-3-5-10(9)15(19)20/h6-7,9-10,14,18H,2-5H2,1H3,(H,19,20). The van der Waals surface area contributed by atoms with Crippen LogP contribution in [0.1, 0.15) is 37.4 Å². The molecule has 0 aromatic heterocycles. The number of carboxylic acid groups (broad SMARTS) is 1. The Morgan fingerprint density at radius 1 is 1.29 bits per heavy atom. The zero-order valence-corrected chi connectivity index (χ0v) is 11.7. The van der Waals surface area contributed by atoms with Crippen LogP contribution < -0.4 is 4.74 Å². The molecule has 1 aliphatic rings. The molecule has 0 aliphatic heterocycles. The normalized spacial score (nSPS) is 23.6. The van der Waals surface area contributed by atoms with Crippen LogP contribution in [0.15, 0.2) is 12.1 Å². The summed E-state index contributed by atoms with van der Waals surface area (Å²) in [6.07, 6.45) is 0.857. The first-order valence-corrected chi connectivity index (χ1v) is 6.89. The van der Waals surface area contributed by atoms with Crippen LogP contribution in [0, 0.1) is 23.5 Å². The van der Waals surface area contributed by atoms with Crippen LogP contribution in [-0.2, 0) is 4.79 Å². The Labute approximate surface area is 121 Å². The molecule has 6 heteroatoms. The quantitative estimate of drug-likeness (QED) is 0.897. The molecule has 2 N–H and O–H groups in total. The Bertz CT molecular complexity index is 509. The van der Waals surface area contributed by atoms with Gasteiger partial charge in [-0.15, -0.1) is 0 Å². The molecule has 21 heavy (non-hydrogen) atoms. The highest BCUT2D eigenvalue weighted by Crippen LogP contribution is 2.40. The lowest BCUT2D eigenvalue weighted by Crippen LogP contribution is -2.32. The number of ether oxygens (including phenoxy) is 1. The average molecular weight is 300 g/mol. The van der Waals surface area contributed by atoms with E-state index in [0.29, 0.717) is 12.8 Å². The predicted molar refractivity (Wildman–Crippen MR) is 71.0 cm³/mol. The van der Waals surface area contributed by atoms with Crippen molar-refractivity contribution in [2.45, 2.75) is 31.8 Å². The van der Waals surface area contributed by atoms with Gasteiger partial charge in [0.05, 0.1) is 24.7 Å². The SMILES string of the molecule is COc1cc(F)c(C(O)C2CCCCC2C(=O)O)c(F)c1. The van der Waals surface area contributed by atoms with Crippen molar-refractivity contribution in [3.63, 3.8) is 0 Å². The molecule has 1 aliphatic carbocycles. The molecule has 0 heterocycles. The number of aliphatic hydroxyl groups is 1. The number of methoxy groups -OCH3 is 1. The van der Waals surface area contributed by atoms with Crippen molar-refractivity contribution in [1.82, 2.24) is 0 Å². The molecular formula is C15H18F2O4. The first-order chi connectivity index (χ1) is 9.95. The molecule has 0 radical (unpaired) electrons.